The number of piperazine rings is 1. The Bertz CT molecular complexity index is 920. The Balaban J connectivity index is 1.77. The minimum absolute atomic E-state index is 0.0126. The molecule has 152 valence electrons. The first-order chi connectivity index (χ1) is 13.9. The van der Waals surface area contributed by atoms with E-state index in [1.807, 2.05) is 38.1 Å². The highest BCUT2D eigenvalue weighted by atomic mass is 16.2. The Morgan fingerprint density at radius 3 is 2.21 bits per heavy atom. The van der Waals surface area contributed by atoms with Gasteiger partial charge in [-0.25, -0.2) is 4.98 Å². The van der Waals surface area contributed by atoms with Crippen LogP contribution < -0.4 is 4.90 Å². The van der Waals surface area contributed by atoms with E-state index < -0.39 is 0 Å². The van der Waals surface area contributed by atoms with E-state index in [0.29, 0.717) is 32.7 Å². The molecule has 0 N–H and O–H groups in total. The summed E-state index contributed by atoms with van der Waals surface area (Å²) in [7, 11) is 0. The average Bonchev–Trinajstić information content (AvgIpc) is 2.74. The number of amides is 3. The van der Waals surface area contributed by atoms with Crippen molar-refractivity contribution in [2.24, 2.45) is 0 Å². The zero-order valence-electron chi connectivity index (χ0n) is 17.1. The number of benzene rings is 1. The van der Waals surface area contributed by atoms with E-state index in [-0.39, 0.29) is 29.1 Å². The van der Waals surface area contributed by atoms with Gasteiger partial charge in [-0.15, -0.1) is 0 Å². The van der Waals surface area contributed by atoms with Crippen LogP contribution in [-0.2, 0) is 4.79 Å². The third kappa shape index (κ3) is 4.62. The number of nitrogens with zero attached hydrogens (tertiary/aromatic N) is 4. The lowest BCUT2D eigenvalue weighted by atomic mass is 10.2. The van der Waals surface area contributed by atoms with E-state index >= 15 is 0 Å². The highest BCUT2D eigenvalue weighted by Gasteiger charge is 2.25. The van der Waals surface area contributed by atoms with Crippen LogP contribution in [0.2, 0.25) is 0 Å². The SMILES string of the molecule is CCN(C(=O)c1cccc(C(=O)N2CCN(C(C)=O)CC2)n1)c1cccc(C)c1. The second-order valence-corrected chi connectivity index (χ2v) is 7.09. The van der Waals surface area contributed by atoms with Crippen molar-refractivity contribution >= 4 is 23.4 Å². The molecule has 0 radical (unpaired) electrons. The summed E-state index contributed by atoms with van der Waals surface area (Å²) in [4.78, 5) is 46.8. The van der Waals surface area contributed by atoms with Crippen LogP contribution in [-0.4, -0.2) is 65.2 Å². The van der Waals surface area contributed by atoms with Gasteiger partial charge >= 0.3 is 0 Å². The molecular weight excluding hydrogens is 368 g/mol. The first-order valence-corrected chi connectivity index (χ1v) is 9.81. The number of carbonyl (C=O) groups excluding carboxylic acids is 3. The number of carbonyl (C=O) groups is 3. The average molecular weight is 394 g/mol. The summed E-state index contributed by atoms with van der Waals surface area (Å²) in [6.45, 7) is 7.85. The first kappa shape index (κ1) is 20.5. The second kappa shape index (κ2) is 8.86. The number of hydrogen-bond acceptors (Lipinski definition) is 4. The van der Waals surface area contributed by atoms with Gasteiger partial charge in [0.2, 0.25) is 5.91 Å². The summed E-state index contributed by atoms with van der Waals surface area (Å²) in [6.07, 6.45) is 0. The molecule has 7 heteroatoms. The lowest BCUT2D eigenvalue weighted by Crippen LogP contribution is -2.50. The highest BCUT2D eigenvalue weighted by Crippen LogP contribution is 2.18. The van der Waals surface area contributed by atoms with Crippen LogP contribution in [0.4, 0.5) is 5.69 Å². The van der Waals surface area contributed by atoms with Crippen molar-refractivity contribution in [1.29, 1.82) is 0 Å². The molecule has 1 aliphatic heterocycles. The highest BCUT2D eigenvalue weighted by molar-refractivity contribution is 6.05. The Kier molecular flexibility index (Phi) is 6.26. The molecule has 3 rings (SSSR count). The van der Waals surface area contributed by atoms with Crippen LogP contribution in [0.3, 0.4) is 0 Å². The van der Waals surface area contributed by atoms with Crippen molar-refractivity contribution in [3.63, 3.8) is 0 Å². The van der Waals surface area contributed by atoms with Crippen molar-refractivity contribution in [3.05, 3.63) is 59.4 Å². The third-order valence-corrected chi connectivity index (χ3v) is 5.07. The summed E-state index contributed by atoms with van der Waals surface area (Å²) in [5, 5.41) is 0. The molecule has 1 fully saturated rings. The van der Waals surface area contributed by atoms with Crippen molar-refractivity contribution in [2.45, 2.75) is 20.8 Å². The Hall–Kier alpha value is -3.22. The van der Waals surface area contributed by atoms with Gasteiger partial charge in [0, 0.05) is 45.3 Å². The minimum Gasteiger partial charge on any atom is -0.339 e. The number of rotatable bonds is 4. The summed E-state index contributed by atoms with van der Waals surface area (Å²) < 4.78 is 0. The molecule has 7 nitrogen and oxygen atoms in total. The smallest absolute Gasteiger partial charge is 0.276 e. The zero-order chi connectivity index (χ0) is 21.0. The van der Waals surface area contributed by atoms with E-state index in [9.17, 15) is 14.4 Å². The largest absolute Gasteiger partial charge is 0.339 e. The summed E-state index contributed by atoms with van der Waals surface area (Å²) in [5.41, 5.74) is 2.35. The van der Waals surface area contributed by atoms with E-state index in [1.54, 1.807) is 32.9 Å². The van der Waals surface area contributed by atoms with Crippen molar-refractivity contribution in [2.75, 3.05) is 37.6 Å². The topological polar surface area (TPSA) is 73.8 Å². The lowest BCUT2D eigenvalue weighted by Gasteiger charge is -2.34. The van der Waals surface area contributed by atoms with Gasteiger partial charge in [0.05, 0.1) is 0 Å². The van der Waals surface area contributed by atoms with Gasteiger partial charge in [0.25, 0.3) is 11.8 Å². The van der Waals surface area contributed by atoms with Crippen LogP contribution >= 0.6 is 0 Å². The van der Waals surface area contributed by atoms with Gasteiger partial charge in [0.1, 0.15) is 11.4 Å². The molecule has 1 aromatic carbocycles. The van der Waals surface area contributed by atoms with Gasteiger partial charge in [-0.1, -0.05) is 18.2 Å². The van der Waals surface area contributed by atoms with Crippen LogP contribution in [0.5, 0.6) is 0 Å². The molecule has 1 aliphatic rings. The molecule has 2 aromatic rings. The number of pyridine rings is 1. The Morgan fingerprint density at radius 1 is 0.966 bits per heavy atom. The van der Waals surface area contributed by atoms with Crippen molar-refractivity contribution in [3.8, 4) is 0 Å². The molecule has 3 amide bonds. The van der Waals surface area contributed by atoms with E-state index in [4.69, 9.17) is 0 Å². The minimum atomic E-state index is -0.242. The molecule has 0 atom stereocenters. The molecule has 1 aromatic heterocycles. The van der Waals surface area contributed by atoms with Gasteiger partial charge in [-0.05, 0) is 43.7 Å². The fourth-order valence-electron chi connectivity index (χ4n) is 3.44. The molecular formula is C22H26N4O3. The van der Waals surface area contributed by atoms with Crippen LogP contribution in [0.25, 0.3) is 0 Å². The maximum Gasteiger partial charge on any atom is 0.276 e. The quantitative estimate of drug-likeness (QED) is 0.798. The second-order valence-electron chi connectivity index (χ2n) is 7.09. The summed E-state index contributed by atoms with van der Waals surface area (Å²) in [6, 6.07) is 12.7. The molecule has 1 saturated heterocycles. The summed E-state index contributed by atoms with van der Waals surface area (Å²) >= 11 is 0. The third-order valence-electron chi connectivity index (χ3n) is 5.07. The first-order valence-electron chi connectivity index (χ1n) is 9.81. The van der Waals surface area contributed by atoms with Crippen LogP contribution in [0.1, 0.15) is 40.4 Å². The van der Waals surface area contributed by atoms with Crippen LogP contribution in [0.15, 0.2) is 42.5 Å². The standard InChI is InChI=1S/C22H26N4O3/c1-4-26(18-8-5-7-16(2)15-18)22(29)20-10-6-9-19(23-20)21(28)25-13-11-24(12-14-25)17(3)27/h5-10,15H,4,11-14H2,1-3H3. The Labute approximate surface area is 170 Å². The lowest BCUT2D eigenvalue weighted by molar-refractivity contribution is -0.130. The van der Waals surface area contributed by atoms with Gasteiger partial charge in [-0.3, -0.25) is 14.4 Å². The van der Waals surface area contributed by atoms with Crippen molar-refractivity contribution in [1.82, 2.24) is 14.8 Å². The van der Waals surface area contributed by atoms with Gasteiger partial charge in [-0.2, -0.15) is 0 Å². The maximum atomic E-state index is 13.1. The number of hydrogen-bond donors (Lipinski definition) is 0. The normalized spacial score (nSPS) is 13.9. The fourth-order valence-corrected chi connectivity index (χ4v) is 3.44. The molecule has 0 spiro atoms. The number of anilines is 1. The molecule has 29 heavy (non-hydrogen) atoms. The maximum absolute atomic E-state index is 13.1. The number of aryl methyl sites for hydroxylation is 1. The summed E-state index contributed by atoms with van der Waals surface area (Å²) in [5.74, 6) is -0.450. The van der Waals surface area contributed by atoms with Gasteiger partial charge in [0.15, 0.2) is 0 Å². The predicted molar refractivity (Wildman–Crippen MR) is 111 cm³/mol. The van der Waals surface area contributed by atoms with E-state index in [2.05, 4.69) is 4.98 Å². The van der Waals surface area contributed by atoms with E-state index in [0.717, 1.165) is 11.3 Å². The predicted octanol–water partition coefficient (Wildman–Crippen LogP) is 2.36. The molecule has 0 aliphatic carbocycles. The van der Waals surface area contributed by atoms with Crippen molar-refractivity contribution < 1.29 is 14.4 Å². The van der Waals surface area contributed by atoms with Crippen LogP contribution in [0, 0.1) is 6.92 Å². The molecule has 2 heterocycles. The Morgan fingerprint density at radius 2 is 1.59 bits per heavy atom. The molecule has 0 saturated carbocycles. The monoisotopic (exact) mass is 394 g/mol. The number of aromatic nitrogens is 1. The molecule has 0 unspecified atom stereocenters. The molecule has 0 bridgehead atoms. The van der Waals surface area contributed by atoms with Gasteiger partial charge < -0.3 is 14.7 Å². The van der Waals surface area contributed by atoms with E-state index in [1.165, 1.54) is 6.92 Å². The zero-order valence-corrected chi connectivity index (χ0v) is 17.1. The fraction of sp³-hybridized carbons (Fsp3) is 0.364.